The third-order valence-electron chi connectivity index (χ3n) is 2.62. The standard InChI is InChI=1S/C13H17NO3/c1-9(15)13(14)11-6-3-10(4-7-11)5-8-12(16)17-2/h3-4,6-7,13H,5,8,14H2,1-2H3. The summed E-state index contributed by atoms with van der Waals surface area (Å²) in [5, 5.41) is 0. The molecule has 1 atom stereocenters. The van der Waals surface area contributed by atoms with Crippen molar-refractivity contribution < 1.29 is 14.3 Å². The maximum Gasteiger partial charge on any atom is 0.305 e. The monoisotopic (exact) mass is 235 g/mol. The van der Waals surface area contributed by atoms with Gasteiger partial charge in [-0.1, -0.05) is 24.3 Å². The topological polar surface area (TPSA) is 69.4 Å². The Hall–Kier alpha value is -1.68. The maximum atomic E-state index is 11.1. The molecule has 1 aromatic carbocycles. The molecule has 1 rings (SSSR count). The largest absolute Gasteiger partial charge is 0.469 e. The van der Waals surface area contributed by atoms with Gasteiger partial charge < -0.3 is 10.5 Å². The molecule has 0 aliphatic carbocycles. The van der Waals surface area contributed by atoms with Crippen molar-refractivity contribution in [3.63, 3.8) is 0 Å². The van der Waals surface area contributed by atoms with E-state index in [2.05, 4.69) is 4.74 Å². The molecular formula is C13H17NO3. The van der Waals surface area contributed by atoms with E-state index in [-0.39, 0.29) is 11.8 Å². The molecule has 1 aromatic rings. The Balaban J connectivity index is 2.62. The lowest BCUT2D eigenvalue weighted by Gasteiger charge is -2.08. The van der Waals surface area contributed by atoms with Crippen LogP contribution in [0.3, 0.4) is 0 Å². The molecule has 0 aliphatic heterocycles. The van der Waals surface area contributed by atoms with Crippen LogP contribution in [0.15, 0.2) is 24.3 Å². The molecule has 0 radical (unpaired) electrons. The van der Waals surface area contributed by atoms with E-state index in [9.17, 15) is 9.59 Å². The predicted molar refractivity (Wildman–Crippen MR) is 64.4 cm³/mol. The van der Waals surface area contributed by atoms with Crippen LogP contribution >= 0.6 is 0 Å². The molecule has 0 fully saturated rings. The molecule has 4 nitrogen and oxygen atoms in total. The van der Waals surface area contributed by atoms with Crippen LogP contribution in [0.1, 0.15) is 30.5 Å². The van der Waals surface area contributed by atoms with E-state index < -0.39 is 6.04 Å². The van der Waals surface area contributed by atoms with Gasteiger partial charge in [0.25, 0.3) is 0 Å². The zero-order valence-electron chi connectivity index (χ0n) is 10.1. The van der Waals surface area contributed by atoms with E-state index in [0.29, 0.717) is 12.8 Å². The van der Waals surface area contributed by atoms with E-state index in [0.717, 1.165) is 11.1 Å². The van der Waals surface area contributed by atoms with Crippen molar-refractivity contribution in [2.24, 2.45) is 5.73 Å². The van der Waals surface area contributed by atoms with Gasteiger partial charge in [0.05, 0.1) is 13.2 Å². The van der Waals surface area contributed by atoms with Crippen molar-refractivity contribution in [1.82, 2.24) is 0 Å². The van der Waals surface area contributed by atoms with Gasteiger partial charge in [-0.15, -0.1) is 0 Å². The van der Waals surface area contributed by atoms with Gasteiger partial charge >= 0.3 is 5.97 Å². The highest BCUT2D eigenvalue weighted by Gasteiger charge is 2.10. The summed E-state index contributed by atoms with van der Waals surface area (Å²) in [5.41, 5.74) is 7.52. The number of hydrogen-bond acceptors (Lipinski definition) is 4. The van der Waals surface area contributed by atoms with E-state index in [1.807, 2.05) is 24.3 Å². The number of ketones is 1. The van der Waals surface area contributed by atoms with E-state index in [1.165, 1.54) is 14.0 Å². The van der Waals surface area contributed by atoms with Crippen molar-refractivity contribution in [3.05, 3.63) is 35.4 Å². The molecule has 0 amide bonds. The van der Waals surface area contributed by atoms with Gasteiger partial charge in [0.2, 0.25) is 0 Å². The zero-order chi connectivity index (χ0) is 12.8. The fraction of sp³-hybridized carbons (Fsp3) is 0.385. The number of hydrogen-bond donors (Lipinski definition) is 1. The normalized spacial score (nSPS) is 11.9. The van der Waals surface area contributed by atoms with Crippen LogP contribution in [0.2, 0.25) is 0 Å². The number of esters is 1. The number of aryl methyl sites for hydroxylation is 1. The summed E-state index contributed by atoms with van der Waals surface area (Å²) in [6, 6.07) is 6.82. The van der Waals surface area contributed by atoms with E-state index in [4.69, 9.17) is 5.73 Å². The Kier molecular flexibility index (Phi) is 4.84. The van der Waals surface area contributed by atoms with Crippen LogP contribution in [0.4, 0.5) is 0 Å². The molecule has 0 aromatic heterocycles. The average molecular weight is 235 g/mol. The molecule has 0 saturated carbocycles. The highest BCUT2D eigenvalue weighted by molar-refractivity contribution is 5.82. The molecule has 0 bridgehead atoms. The van der Waals surface area contributed by atoms with Crippen LogP contribution < -0.4 is 5.73 Å². The second-order valence-corrected chi connectivity index (χ2v) is 3.91. The van der Waals surface area contributed by atoms with Crippen LogP contribution in [-0.2, 0) is 20.7 Å². The van der Waals surface area contributed by atoms with Gasteiger partial charge in [0.15, 0.2) is 5.78 Å². The van der Waals surface area contributed by atoms with Gasteiger partial charge in [0.1, 0.15) is 0 Å². The lowest BCUT2D eigenvalue weighted by molar-refractivity contribution is -0.140. The third-order valence-corrected chi connectivity index (χ3v) is 2.62. The number of methoxy groups -OCH3 is 1. The first-order valence-corrected chi connectivity index (χ1v) is 5.46. The van der Waals surface area contributed by atoms with Crippen molar-refractivity contribution in [2.75, 3.05) is 7.11 Å². The van der Waals surface area contributed by atoms with Gasteiger partial charge in [-0.3, -0.25) is 9.59 Å². The minimum absolute atomic E-state index is 0.0627. The molecule has 0 spiro atoms. The van der Waals surface area contributed by atoms with Crippen LogP contribution in [0.5, 0.6) is 0 Å². The predicted octanol–water partition coefficient (Wildman–Crippen LogP) is 1.38. The van der Waals surface area contributed by atoms with E-state index in [1.54, 1.807) is 0 Å². The lowest BCUT2D eigenvalue weighted by atomic mass is 10.0. The molecule has 17 heavy (non-hydrogen) atoms. The summed E-state index contributed by atoms with van der Waals surface area (Å²) in [7, 11) is 1.37. The Morgan fingerprint density at radius 1 is 1.29 bits per heavy atom. The van der Waals surface area contributed by atoms with E-state index >= 15 is 0 Å². The SMILES string of the molecule is COC(=O)CCc1ccc(C(N)C(C)=O)cc1. The molecule has 0 heterocycles. The Morgan fingerprint density at radius 3 is 2.35 bits per heavy atom. The second-order valence-electron chi connectivity index (χ2n) is 3.91. The summed E-state index contributed by atoms with van der Waals surface area (Å²) >= 11 is 0. The highest BCUT2D eigenvalue weighted by Crippen LogP contribution is 2.13. The fourth-order valence-electron chi connectivity index (χ4n) is 1.47. The zero-order valence-corrected chi connectivity index (χ0v) is 10.1. The first kappa shape index (κ1) is 13.4. The molecule has 0 aliphatic rings. The van der Waals surface area contributed by atoms with Crippen LogP contribution in [0, 0.1) is 0 Å². The molecule has 1 unspecified atom stereocenters. The molecule has 92 valence electrons. The fourth-order valence-corrected chi connectivity index (χ4v) is 1.47. The van der Waals surface area contributed by atoms with Crippen LogP contribution in [0.25, 0.3) is 0 Å². The highest BCUT2D eigenvalue weighted by atomic mass is 16.5. The number of benzene rings is 1. The minimum Gasteiger partial charge on any atom is -0.469 e. The van der Waals surface area contributed by atoms with Gasteiger partial charge in [0, 0.05) is 6.42 Å². The van der Waals surface area contributed by atoms with Crippen LogP contribution in [-0.4, -0.2) is 18.9 Å². The first-order chi connectivity index (χ1) is 8.04. The summed E-state index contributed by atoms with van der Waals surface area (Å²) in [6.45, 7) is 1.47. The summed E-state index contributed by atoms with van der Waals surface area (Å²) in [5.74, 6) is -0.290. The molecule has 4 heteroatoms. The number of nitrogens with two attached hydrogens (primary N) is 1. The second kappa shape index (κ2) is 6.15. The Morgan fingerprint density at radius 2 is 1.88 bits per heavy atom. The number of ether oxygens (including phenoxy) is 1. The van der Waals surface area contributed by atoms with Crippen molar-refractivity contribution >= 4 is 11.8 Å². The lowest BCUT2D eigenvalue weighted by Crippen LogP contribution is -2.18. The average Bonchev–Trinajstić information content (AvgIpc) is 2.35. The number of carbonyl (C=O) groups excluding carboxylic acids is 2. The Labute approximate surface area is 101 Å². The maximum absolute atomic E-state index is 11.1. The van der Waals surface area contributed by atoms with Gasteiger partial charge in [-0.25, -0.2) is 0 Å². The number of rotatable bonds is 5. The number of Topliss-reactive ketones (excluding diaryl/α,β-unsaturated/α-hetero) is 1. The molecular weight excluding hydrogens is 218 g/mol. The number of carbonyl (C=O) groups is 2. The van der Waals surface area contributed by atoms with Crippen molar-refractivity contribution in [3.8, 4) is 0 Å². The minimum atomic E-state index is -0.565. The smallest absolute Gasteiger partial charge is 0.305 e. The summed E-state index contributed by atoms with van der Waals surface area (Å²) in [6.07, 6.45) is 0.983. The van der Waals surface area contributed by atoms with Gasteiger partial charge in [-0.05, 0) is 24.5 Å². The van der Waals surface area contributed by atoms with Crippen molar-refractivity contribution in [2.45, 2.75) is 25.8 Å². The Bertz CT molecular complexity index is 398. The van der Waals surface area contributed by atoms with Gasteiger partial charge in [-0.2, -0.15) is 0 Å². The summed E-state index contributed by atoms with van der Waals surface area (Å²) in [4.78, 5) is 22.1. The third kappa shape index (κ3) is 4.00. The summed E-state index contributed by atoms with van der Waals surface area (Å²) < 4.78 is 4.56. The molecule has 2 N–H and O–H groups in total. The quantitative estimate of drug-likeness (QED) is 0.783. The first-order valence-electron chi connectivity index (χ1n) is 5.46. The van der Waals surface area contributed by atoms with Crippen molar-refractivity contribution in [1.29, 1.82) is 0 Å². The molecule has 0 saturated heterocycles.